The van der Waals surface area contributed by atoms with Gasteiger partial charge in [-0.25, -0.2) is 0 Å². The van der Waals surface area contributed by atoms with Crippen molar-refractivity contribution in [3.63, 3.8) is 0 Å². The molecule has 180 valence electrons. The van der Waals surface area contributed by atoms with Gasteiger partial charge in [-0.1, -0.05) is 84.9 Å². The second kappa shape index (κ2) is 12.9. The number of carbonyl (C=O) groups is 1. The van der Waals surface area contributed by atoms with E-state index < -0.39 is 11.9 Å². The van der Waals surface area contributed by atoms with E-state index in [1.54, 1.807) is 36.4 Å². The molecule has 0 N–H and O–H groups in total. The Morgan fingerprint density at radius 3 is 2.11 bits per heavy atom. The molecule has 1 heterocycles. The Bertz CT molecular complexity index is 1390. The number of rotatable bonds is 8. The van der Waals surface area contributed by atoms with E-state index >= 15 is 0 Å². The third-order valence-corrected chi connectivity index (χ3v) is 5.16. The molecule has 0 saturated carbocycles. The molecule has 0 aliphatic rings. The molecular formula is C29H21N3NiO3. The van der Waals surface area contributed by atoms with Gasteiger partial charge in [0, 0.05) is 35.8 Å². The minimum atomic E-state index is -1.30. The molecule has 6 nitrogen and oxygen atoms in total. The van der Waals surface area contributed by atoms with Gasteiger partial charge in [0.05, 0.1) is 23.1 Å². The number of hydrogen-bond donors (Lipinski definition) is 0. The van der Waals surface area contributed by atoms with E-state index in [1.165, 1.54) is 12.4 Å². The zero-order chi connectivity index (χ0) is 24.5. The third-order valence-electron chi connectivity index (χ3n) is 5.16. The smallest absolute Gasteiger partial charge is 0.857 e. The maximum absolute atomic E-state index is 12.7. The molecule has 36 heavy (non-hydrogen) atoms. The minimum absolute atomic E-state index is 0. The summed E-state index contributed by atoms with van der Waals surface area (Å²) < 4.78 is 0. The molecule has 3 aromatic carbocycles. The second-order valence-corrected chi connectivity index (χ2v) is 7.60. The number of pyridine rings is 1. The second-order valence-electron chi connectivity index (χ2n) is 7.60. The minimum Gasteiger partial charge on any atom is -0.857 e. The van der Waals surface area contributed by atoms with Gasteiger partial charge in [-0.05, 0) is 29.3 Å². The Hall–Kier alpha value is -4.35. The van der Waals surface area contributed by atoms with Gasteiger partial charge in [-0.15, -0.1) is 0 Å². The van der Waals surface area contributed by atoms with E-state index in [1.807, 2.05) is 66.7 Å². The van der Waals surface area contributed by atoms with Crippen LogP contribution in [-0.2, 0) is 27.7 Å². The molecule has 4 rings (SSSR count). The Morgan fingerprint density at radius 1 is 0.806 bits per heavy atom. The number of nitrogens with zero attached hydrogens (tertiary/aromatic N) is 3. The summed E-state index contributed by atoms with van der Waals surface area (Å²) in [5, 5.41) is 24.6. The van der Waals surface area contributed by atoms with E-state index in [0.717, 1.165) is 11.1 Å². The normalized spacial score (nSPS) is 12.1. The zero-order valence-electron chi connectivity index (χ0n) is 19.1. The maximum atomic E-state index is 12.7. The summed E-state index contributed by atoms with van der Waals surface area (Å²) in [6, 6.07) is 30.7. The van der Waals surface area contributed by atoms with Gasteiger partial charge in [0.2, 0.25) is 0 Å². The number of carboxylic acid groups (broad SMARTS) is 1. The molecule has 0 atom stereocenters. The predicted octanol–water partition coefficient (Wildman–Crippen LogP) is 3.23. The number of benzene rings is 3. The van der Waals surface area contributed by atoms with Crippen molar-refractivity contribution in [2.45, 2.75) is 6.42 Å². The van der Waals surface area contributed by atoms with Crippen LogP contribution in [0.5, 0.6) is 0 Å². The van der Waals surface area contributed by atoms with Crippen LogP contribution in [0.25, 0.3) is 0 Å². The monoisotopic (exact) mass is 517 g/mol. The number of aliphatic imine (C=N–C) groups is 2. The topological polar surface area (TPSA) is 101 Å². The van der Waals surface area contributed by atoms with Crippen LogP contribution >= 0.6 is 0 Å². The first-order valence-electron chi connectivity index (χ1n) is 11.0. The molecule has 0 bridgehead atoms. The van der Waals surface area contributed by atoms with Crippen LogP contribution in [0.2, 0.25) is 0 Å². The summed E-state index contributed by atoms with van der Waals surface area (Å²) in [4.78, 5) is 24.8. The van der Waals surface area contributed by atoms with Crippen LogP contribution in [0, 0.1) is 0 Å². The molecular weight excluding hydrogens is 497 g/mol. The molecule has 0 unspecified atom stereocenters. The van der Waals surface area contributed by atoms with Crippen LogP contribution in [0.4, 0.5) is 5.69 Å². The first kappa shape index (κ1) is 26.3. The predicted molar refractivity (Wildman–Crippen MR) is 132 cm³/mol. The van der Waals surface area contributed by atoms with Gasteiger partial charge in [0.25, 0.3) is 0 Å². The molecule has 0 aliphatic heterocycles. The maximum Gasteiger partial charge on any atom is 2.00 e. The van der Waals surface area contributed by atoms with Crippen LogP contribution in [0.15, 0.2) is 131 Å². The first-order valence-corrected chi connectivity index (χ1v) is 11.0. The van der Waals surface area contributed by atoms with E-state index in [4.69, 9.17) is 0 Å². The molecule has 0 spiro atoms. The van der Waals surface area contributed by atoms with Crippen molar-refractivity contribution in [2.75, 3.05) is 0 Å². The van der Waals surface area contributed by atoms with Crippen molar-refractivity contribution in [1.29, 1.82) is 0 Å². The average Bonchev–Trinajstić information content (AvgIpc) is 2.90. The zero-order valence-corrected chi connectivity index (χ0v) is 20.0. The Balaban J connectivity index is 0.00000361. The van der Waals surface area contributed by atoms with Gasteiger partial charge in [-0.2, -0.15) is 0 Å². The number of hydrogen-bond acceptors (Lipinski definition) is 6. The van der Waals surface area contributed by atoms with Gasteiger partial charge in [0.1, 0.15) is 0 Å². The van der Waals surface area contributed by atoms with Crippen LogP contribution in [0.1, 0.15) is 22.4 Å². The largest absolute Gasteiger partial charge is 2.00 e. The van der Waals surface area contributed by atoms with Crippen molar-refractivity contribution in [3.8, 4) is 0 Å². The summed E-state index contributed by atoms with van der Waals surface area (Å²) in [6.45, 7) is 0. The van der Waals surface area contributed by atoms with Crippen LogP contribution in [0.3, 0.4) is 0 Å². The fourth-order valence-corrected chi connectivity index (χ4v) is 3.45. The quantitative estimate of drug-likeness (QED) is 0.155. The molecule has 0 radical (unpaired) electrons. The van der Waals surface area contributed by atoms with E-state index in [-0.39, 0.29) is 34.2 Å². The van der Waals surface area contributed by atoms with Crippen molar-refractivity contribution in [2.24, 2.45) is 9.98 Å². The molecule has 4 aromatic rings. The summed E-state index contributed by atoms with van der Waals surface area (Å²) in [6.07, 6.45) is 3.01. The number of para-hydroxylation sites is 1. The van der Waals surface area contributed by atoms with Gasteiger partial charge >= 0.3 is 16.5 Å². The summed E-state index contributed by atoms with van der Waals surface area (Å²) in [7, 11) is 0. The average molecular weight is 518 g/mol. The summed E-state index contributed by atoms with van der Waals surface area (Å²) in [5.41, 5.74) is 3.29. The van der Waals surface area contributed by atoms with Crippen molar-refractivity contribution >= 4 is 23.3 Å². The van der Waals surface area contributed by atoms with Crippen molar-refractivity contribution in [1.82, 2.24) is 4.98 Å². The Labute approximate surface area is 219 Å². The fourth-order valence-electron chi connectivity index (χ4n) is 3.45. The van der Waals surface area contributed by atoms with Crippen molar-refractivity contribution < 1.29 is 31.5 Å². The van der Waals surface area contributed by atoms with E-state index in [0.29, 0.717) is 17.0 Å². The van der Waals surface area contributed by atoms with Gasteiger partial charge in [-0.3, -0.25) is 15.0 Å². The summed E-state index contributed by atoms with van der Waals surface area (Å²) in [5.74, 6) is -1.78. The number of aliphatic carboxylic acids is 1. The molecule has 0 aliphatic carbocycles. The SMILES string of the molecule is O=C([O-])/C(=C\N=C(c1ccccc1)c1ccccc1N=C([O-])c1ccccn1)Cc1ccccc1.[Ni+2]. The van der Waals surface area contributed by atoms with Crippen molar-refractivity contribution in [3.05, 3.63) is 143 Å². The number of aromatic nitrogens is 1. The van der Waals surface area contributed by atoms with Crippen LogP contribution < -0.4 is 10.2 Å². The number of carbonyl (C=O) groups excluding carboxylic acids is 1. The first-order chi connectivity index (χ1) is 17.1. The van der Waals surface area contributed by atoms with Crippen LogP contribution in [-0.4, -0.2) is 22.6 Å². The van der Waals surface area contributed by atoms with E-state index in [9.17, 15) is 15.0 Å². The van der Waals surface area contributed by atoms with Gasteiger partial charge in [0.15, 0.2) is 0 Å². The molecule has 7 heteroatoms. The molecule has 0 fully saturated rings. The number of carboxylic acids is 1. The molecule has 0 saturated heterocycles. The fraction of sp³-hybridized carbons (Fsp3) is 0.0345. The Kier molecular flexibility index (Phi) is 9.43. The molecule has 0 amide bonds. The van der Waals surface area contributed by atoms with E-state index in [2.05, 4.69) is 15.0 Å². The Morgan fingerprint density at radius 2 is 1.44 bits per heavy atom. The van der Waals surface area contributed by atoms with Gasteiger partial charge < -0.3 is 15.0 Å². The standard InChI is InChI=1S/C29H23N3O3.Ni/c33-28(26-17-9-10-18-30-26)32-25-16-8-7-15-24(25)27(22-13-5-2-6-14-22)31-20-23(29(34)35)19-21-11-3-1-4-12-21;/h1-18,20H,19H2,(H,32,33)(H,34,35);/q;+2/p-2/b23-20-,31-27?;. The molecule has 1 aromatic heterocycles. The summed E-state index contributed by atoms with van der Waals surface area (Å²) >= 11 is 0. The third kappa shape index (κ3) is 6.84.